The van der Waals surface area contributed by atoms with Gasteiger partial charge in [-0.3, -0.25) is 9.69 Å². The lowest BCUT2D eigenvalue weighted by Crippen LogP contribution is -2.59. The molecule has 6 aliphatic rings. The van der Waals surface area contributed by atoms with Gasteiger partial charge in [0.15, 0.2) is 0 Å². The molecule has 2 N–H and O–H groups in total. The number of hydrogen-bond donors (Lipinski definition) is 1. The van der Waals surface area contributed by atoms with Crippen LogP contribution in [0.2, 0.25) is 0 Å². The lowest BCUT2D eigenvalue weighted by atomic mass is 9.48. The number of benzene rings is 1. The van der Waals surface area contributed by atoms with Crippen LogP contribution >= 0.6 is 0 Å². The predicted molar refractivity (Wildman–Crippen MR) is 138 cm³/mol. The molecule has 1 saturated heterocycles. The summed E-state index contributed by atoms with van der Waals surface area (Å²) in [5.41, 5.74) is 6.74. The molecule has 4 bridgehead atoms. The molecule has 1 aromatic carbocycles. The number of piperidine rings is 1. The molecule has 0 aromatic heterocycles. The maximum absolute atomic E-state index is 13.3. The SMILES string of the molecule is CC(C)(C)OC(=O)N1CC2(CCN(C(=O)OC3C4CC5C[C@H]3C[C@@](C(N)=O)(C5)C4)CC2)c2ccccc21. The molecule has 3 unspecified atom stereocenters. The molecule has 8 heteroatoms. The Kier molecular flexibility index (Phi) is 5.55. The van der Waals surface area contributed by atoms with Gasteiger partial charge in [0.1, 0.15) is 11.7 Å². The van der Waals surface area contributed by atoms with Gasteiger partial charge in [0.2, 0.25) is 5.91 Å². The van der Waals surface area contributed by atoms with Gasteiger partial charge in [-0.1, -0.05) is 18.2 Å². The van der Waals surface area contributed by atoms with Gasteiger partial charge in [-0.2, -0.15) is 0 Å². The summed E-state index contributed by atoms with van der Waals surface area (Å²) in [6.07, 6.45) is 5.35. The normalized spacial score (nSPS) is 33.4. The molecule has 1 aromatic rings. The third-order valence-electron chi connectivity index (χ3n) is 9.77. The minimum absolute atomic E-state index is 0.109. The number of carbonyl (C=O) groups excluding carboxylic acids is 3. The summed E-state index contributed by atoms with van der Waals surface area (Å²) in [7, 11) is 0. The van der Waals surface area contributed by atoms with Gasteiger partial charge in [-0.15, -0.1) is 0 Å². The molecule has 37 heavy (non-hydrogen) atoms. The summed E-state index contributed by atoms with van der Waals surface area (Å²) < 4.78 is 11.9. The number of para-hydroxylation sites is 1. The van der Waals surface area contributed by atoms with Crippen molar-refractivity contribution in [2.75, 3.05) is 24.5 Å². The van der Waals surface area contributed by atoms with E-state index in [1.165, 1.54) is 0 Å². The Hall–Kier alpha value is -2.77. The summed E-state index contributed by atoms with van der Waals surface area (Å²) in [4.78, 5) is 42.2. The molecule has 7 rings (SSSR count). The van der Waals surface area contributed by atoms with Crippen molar-refractivity contribution >= 4 is 23.8 Å². The van der Waals surface area contributed by atoms with Crippen LogP contribution in [0.5, 0.6) is 0 Å². The van der Waals surface area contributed by atoms with E-state index in [2.05, 4.69) is 6.07 Å². The Morgan fingerprint density at radius 3 is 2.24 bits per heavy atom. The number of hydrogen-bond acceptors (Lipinski definition) is 5. The van der Waals surface area contributed by atoms with E-state index in [1.54, 1.807) is 4.90 Å². The summed E-state index contributed by atoms with van der Waals surface area (Å²) in [6, 6.07) is 8.07. The number of primary amides is 1. The summed E-state index contributed by atoms with van der Waals surface area (Å²) in [6.45, 7) is 7.38. The zero-order valence-corrected chi connectivity index (χ0v) is 22.2. The van der Waals surface area contributed by atoms with Crippen LogP contribution < -0.4 is 10.6 Å². The smallest absolute Gasteiger partial charge is 0.414 e. The number of ether oxygens (including phenoxy) is 2. The monoisotopic (exact) mass is 509 g/mol. The first kappa shape index (κ1) is 24.6. The first-order valence-corrected chi connectivity index (χ1v) is 13.8. The van der Waals surface area contributed by atoms with Crippen LogP contribution in [0.1, 0.15) is 71.3 Å². The molecule has 2 heterocycles. The van der Waals surface area contributed by atoms with Crippen LogP contribution in [-0.2, 0) is 19.7 Å². The Bertz CT molecular complexity index is 1100. The highest BCUT2D eigenvalue weighted by Gasteiger charge is 2.59. The maximum atomic E-state index is 13.3. The average molecular weight is 510 g/mol. The van der Waals surface area contributed by atoms with Crippen LogP contribution in [-0.4, -0.2) is 54.3 Å². The topological polar surface area (TPSA) is 102 Å². The van der Waals surface area contributed by atoms with Crippen molar-refractivity contribution in [1.29, 1.82) is 0 Å². The number of nitrogens with two attached hydrogens (primary N) is 1. The van der Waals surface area contributed by atoms with Gasteiger partial charge < -0.3 is 20.1 Å². The van der Waals surface area contributed by atoms with E-state index < -0.39 is 5.60 Å². The number of amides is 3. The van der Waals surface area contributed by atoms with Crippen LogP contribution in [0.4, 0.5) is 15.3 Å². The number of fused-ring (bicyclic) bond motifs is 2. The number of nitrogens with zero attached hydrogens (tertiary/aromatic N) is 2. The fourth-order valence-corrected chi connectivity index (χ4v) is 8.32. The Morgan fingerprint density at radius 2 is 1.62 bits per heavy atom. The lowest BCUT2D eigenvalue weighted by molar-refractivity contribution is -0.162. The van der Waals surface area contributed by atoms with Crippen molar-refractivity contribution < 1.29 is 23.9 Å². The first-order chi connectivity index (χ1) is 17.5. The standard InChI is InChI=1S/C29H39N3O5/c1-27(2,3)37-26(35)32-17-28(21-6-4-5-7-22(21)32)8-10-31(11-9-28)25(34)36-23-19-12-18-13-20(23)16-29(14-18,15-19)24(30)33/h4-7,18-20,23H,8-17H2,1-3H3,(H2,30,33)/t18?,19-,20?,23?,29-/m0/s1. The minimum Gasteiger partial charge on any atom is -0.446 e. The number of rotatable bonds is 2. The highest BCUT2D eigenvalue weighted by Crippen LogP contribution is 2.60. The van der Waals surface area contributed by atoms with Crippen LogP contribution in [0.25, 0.3) is 0 Å². The van der Waals surface area contributed by atoms with Gasteiger partial charge in [0.25, 0.3) is 0 Å². The van der Waals surface area contributed by atoms with Crippen LogP contribution in [0.3, 0.4) is 0 Å². The fourth-order valence-electron chi connectivity index (χ4n) is 8.32. The highest BCUT2D eigenvalue weighted by atomic mass is 16.6. The lowest BCUT2D eigenvalue weighted by Gasteiger charge is -2.58. The van der Waals surface area contributed by atoms with E-state index in [9.17, 15) is 14.4 Å². The largest absolute Gasteiger partial charge is 0.446 e. The molecule has 0 radical (unpaired) electrons. The van der Waals surface area contributed by atoms with E-state index in [0.29, 0.717) is 25.6 Å². The Labute approximate surface area is 218 Å². The van der Waals surface area contributed by atoms with Crippen molar-refractivity contribution in [3.8, 4) is 0 Å². The molecule has 200 valence electrons. The number of anilines is 1. The Morgan fingerprint density at radius 1 is 0.973 bits per heavy atom. The molecule has 5 atom stereocenters. The molecule has 8 nitrogen and oxygen atoms in total. The predicted octanol–water partition coefficient (Wildman–Crippen LogP) is 4.59. The van der Waals surface area contributed by atoms with Crippen molar-refractivity contribution in [2.24, 2.45) is 28.9 Å². The summed E-state index contributed by atoms with van der Waals surface area (Å²) >= 11 is 0. The molecule has 4 saturated carbocycles. The van der Waals surface area contributed by atoms with E-state index in [-0.39, 0.29) is 46.9 Å². The number of likely N-dealkylation sites (tertiary alicyclic amines) is 1. The second kappa shape index (κ2) is 8.37. The zero-order valence-electron chi connectivity index (χ0n) is 22.2. The molecule has 1 spiro atoms. The second-order valence-corrected chi connectivity index (χ2v) is 13.3. The van der Waals surface area contributed by atoms with Crippen LogP contribution in [0.15, 0.2) is 24.3 Å². The fraction of sp³-hybridized carbons (Fsp3) is 0.690. The van der Waals surface area contributed by atoms with E-state index in [1.807, 2.05) is 43.9 Å². The highest BCUT2D eigenvalue weighted by molar-refractivity contribution is 5.91. The molecular formula is C29H39N3O5. The maximum Gasteiger partial charge on any atom is 0.414 e. The first-order valence-electron chi connectivity index (χ1n) is 13.8. The van der Waals surface area contributed by atoms with E-state index in [4.69, 9.17) is 15.2 Å². The zero-order chi connectivity index (χ0) is 26.2. The van der Waals surface area contributed by atoms with Crippen molar-refractivity contribution in [1.82, 2.24) is 4.90 Å². The van der Waals surface area contributed by atoms with Gasteiger partial charge in [0.05, 0.1) is 11.1 Å². The minimum atomic E-state index is -0.566. The van der Waals surface area contributed by atoms with Gasteiger partial charge in [0, 0.05) is 25.0 Å². The van der Waals surface area contributed by atoms with E-state index in [0.717, 1.165) is 56.2 Å². The molecule has 4 aliphatic carbocycles. The third kappa shape index (κ3) is 4.07. The quantitative estimate of drug-likeness (QED) is 0.628. The summed E-state index contributed by atoms with van der Waals surface area (Å²) in [5, 5.41) is 0. The van der Waals surface area contributed by atoms with Crippen LogP contribution in [0, 0.1) is 23.2 Å². The van der Waals surface area contributed by atoms with Crippen molar-refractivity contribution in [3.05, 3.63) is 29.8 Å². The summed E-state index contributed by atoms with van der Waals surface area (Å²) in [5.74, 6) is 0.839. The number of carbonyl (C=O) groups is 3. The van der Waals surface area contributed by atoms with Gasteiger partial charge >= 0.3 is 12.2 Å². The molecule has 2 aliphatic heterocycles. The van der Waals surface area contributed by atoms with Gasteiger partial charge in [-0.25, -0.2) is 9.59 Å². The molecule has 5 fully saturated rings. The second-order valence-electron chi connectivity index (χ2n) is 13.3. The van der Waals surface area contributed by atoms with Gasteiger partial charge in [-0.05, 0) is 95.1 Å². The third-order valence-corrected chi connectivity index (χ3v) is 9.77. The van der Waals surface area contributed by atoms with E-state index >= 15 is 0 Å². The van der Waals surface area contributed by atoms with Crippen molar-refractivity contribution in [2.45, 2.75) is 82.8 Å². The molecular weight excluding hydrogens is 470 g/mol. The Balaban J connectivity index is 1.12. The molecule has 3 amide bonds. The van der Waals surface area contributed by atoms with Crippen molar-refractivity contribution in [3.63, 3.8) is 0 Å². The average Bonchev–Trinajstić information content (AvgIpc) is 3.14.